The molecule has 3 rings (SSSR count). The van der Waals surface area contributed by atoms with Gasteiger partial charge in [-0.1, -0.05) is 49.4 Å². The molecule has 6 N–H and O–H groups in total. The third kappa shape index (κ3) is 6.95. The van der Waals surface area contributed by atoms with Crippen molar-refractivity contribution in [1.82, 2.24) is 15.2 Å². The highest BCUT2D eigenvalue weighted by molar-refractivity contribution is 5.94. The molecule has 0 unspecified atom stereocenters. The Kier molecular flexibility index (Phi) is 9.30. The second-order valence-corrected chi connectivity index (χ2v) is 8.58. The number of hydrogen-bond donors (Lipinski definition) is 4. The second kappa shape index (κ2) is 12.4. The Morgan fingerprint density at radius 2 is 1.74 bits per heavy atom. The molecule has 0 aliphatic carbocycles. The van der Waals surface area contributed by atoms with Gasteiger partial charge >= 0.3 is 0 Å². The van der Waals surface area contributed by atoms with E-state index in [1.807, 2.05) is 60.7 Å². The molecule has 2 aromatic carbocycles. The molecular formula is C27H35N5O2. The largest absolute Gasteiger partial charge is 0.387 e. The van der Waals surface area contributed by atoms with Crippen LogP contribution in [0.25, 0.3) is 0 Å². The molecule has 180 valence electrons. The Morgan fingerprint density at radius 1 is 1.03 bits per heavy atom. The third-order valence-corrected chi connectivity index (χ3v) is 5.95. The van der Waals surface area contributed by atoms with Gasteiger partial charge in [0.2, 0.25) is 0 Å². The highest BCUT2D eigenvalue weighted by atomic mass is 16.3. The van der Waals surface area contributed by atoms with E-state index in [4.69, 9.17) is 11.5 Å². The Hall–Kier alpha value is -3.10. The van der Waals surface area contributed by atoms with Gasteiger partial charge in [-0.15, -0.1) is 0 Å². The number of nitrogens with two attached hydrogens (primary N) is 2. The average Bonchev–Trinajstić information content (AvgIpc) is 2.87. The van der Waals surface area contributed by atoms with E-state index in [2.05, 4.69) is 17.2 Å². The predicted octanol–water partition coefficient (Wildman–Crippen LogP) is 2.91. The van der Waals surface area contributed by atoms with Crippen LogP contribution in [0.5, 0.6) is 0 Å². The summed E-state index contributed by atoms with van der Waals surface area (Å²) < 4.78 is 0. The van der Waals surface area contributed by atoms with Crippen molar-refractivity contribution in [1.29, 1.82) is 0 Å². The minimum atomic E-state index is -0.593. The number of benzene rings is 2. The average molecular weight is 462 g/mol. The summed E-state index contributed by atoms with van der Waals surface area (Å²) in [6.45, 7) is 3.22. The fourth-order valence-electron chi connectivity index (χ4n) is 3.92. The molecule has 7 heteroatoms. The van der Waals surface area contributed by atoms with Crippen LogP contribution in [0.2, 0.25) is 0 Å². The van der Waals surface area contributed by atoms with Gasteiger partial charge in [-0.05, 0) is 54.3 Å². The number of hydrogen-bond acceptors (Lipinski definition) is 6. The van der Waals surface area contributed by atoms with Gasteiger partial charge < -0.3 is 26.8 Å². The maximum Gasteiger partial charge on any atom is 0.253 e. The summed E-state index contributed by atoms with van der Waals surface area (Å²) >= 11 is 0. The number of pyridine rings is 1. The first-order valence-electron chi connectivity index (χ1n) is 11.6. The maximum absolute atomic E-state index is 12.8. The molecule has 7 nitrogen and oxygen atoms in total. The van der Waals surface area contributed by atoms with Crippen molar-refractivity contribution >= 4 is 5.91 Å². The van der Waals surface area contributed by atoms with Crippen LogP contribution >= 0.6 is 0 Å². The molecule has 0 aliphatic rings. The van der Waals surface area contributed by atoms with Crippen molar-refractivity contribution in [2.75, 3.05) is 13.6 Å². The second-order valence-electron chi connectivity index (χ2n) is 8.58. The van der Waals surface area contributed by atoms with E-state index in [1.165, 1.54) is 0 Å². The number of aromatic nitrogens is 1. The zero-order chi connectivity index (χ0) is 24.5. The molecule has 3 aromatic rings. The van der Waals surface area contributed by atoms with Gasteiger partial charge in [0.1, 0.15) is 0 Å². The van der Waals surface area contributed by atoms with Crippen LogP contribution < -0.4 is 16.8 Å². The highest BCUT2D eigenvalue weighted by Gasteiger charge is 2.18. The van der Waals surface area contributed by atoms with Gasteiger partial charge in [-0.2, -0.15) is 0 Å². The number of aliphatic hydroxyl groups excluding tert-OH is 1. The first-order valence-corrected chi connectivity index (χ1v) is 11.6. The standard InChI is InChI=1S/C27H35N5O2/c1-3-24(25(33)21-7-5-4-6-8-21)31-14-13-19-9-11-22(12-10-19)27(34)32(2)18-20-15-23(26(28)29)17-30-16-20/h4-12,15-17,24-26,31,33H,3,13-14,18,28-29H2,1-2H3/t24-,25-/m1/s1. The van der Waals surface area contributed by atoms with Crippen LogP contribution in [-0.4, -0.2) is 40.5 Å². The number of nitrogens with one attached hydrogen (secondary N) is 1. The normalized spacial score (nSPS) is 13.0. The van der Waals surface area contributed by atoms with E-state index in [-0.39, 0.29) is 11.9 Å². The van der Waals surface area contributed by atoms with Crippen molar-refractivity contribution in [3.63, 3.8) is 0 Å². The van der Waals surface area contributed by atoms with E-state index in [0.717, 1.165) is 41.6 Å². The number of amides is 1. The van der Waals surface area contributed by atoms with E-state index in [1.54, 1.807) is 24.3 Å². The lowest BCUT2D eigenvalue weighted by molar-refractivity contribution is 0.0785. The molecule has 34 heavy (non-hydrogen) atoms. The number of carbonyl (C=O) groups is 1. The Labute approximate surface area is 201 Å². The molecule has 0 aliphatic heterocycles. The summed E-state index contributed by atoms with van der Waals surface area (Å²) in [4.78, 5) is 18.7. The Bertz CT molecular complexity index is 1040. The van der Waals surface area contributed by atoms with Crippen molar-refractivity contribution in [2.45, 2.75) is 44.6 Å². The molecule has 1 amide bonds. The zero-order valence-electron chi connectivity index (χ0n) is 19.9. The molecule has 0 saturated carbocycles. The monoisotopic (exact) mass is 461 g/mol. The quantitative estimate of drug-likeness (QED) is 0.326. The van der Waals surface area contributed by atoms with Crippen LogP contribution in [-0.2, 0) is 13.0 Å². The Balaban J connectivity index is 1.52. The molecular weight excluding hydrogens is 426 g/mol. The van der Waals surface area contributed by atoms with Crippen molar-refractivity contribution in [3.8, 4) is 0 Å². The summed E-state index contributed by atoms with van der Waals surface area (Å²) in [7, 11) is 1.76. The van der Waals surface area contributed by atoms with Crippen LogP contribution in [0.15, 0.2) is 73.1 Å². The number of carbonyl (C=O) groups excluding carboxylic acids is 1. The third-order valence-electron chi connectivity index (χ3n) is 5.95. The molecule has 0 radical (unpaired) electrons. The van der Waals surface area contributed by atoms with Crippen LogP contribution in [0.3, 0.4) is 0 Å². The minimum absolute atomic E-state index is 0.0151. The molecule has 0 bridgehead atoms. The molecule has 0 fully saturated rings. The maximum atomic E-state index is 12.8. The smallest absolute Gasteiger partial charge is 0.253 e. The lowest BCUT2D eigenvalue weighted by atomic mass is 10.00. The number of rotatable bonds is 11. The molecule has 2 atom stereocenters. The summed E-state index contributed by atoms with van der Waals surface area (Å²) in [6, 6.07) is 19.2. The van der Waals surface area contributed by atoms with Crippen molar-refractivity contribution < 1.29 is 9.90 Å². The fourth-order valence-corrected chi connectivity index (χ4v) is 3.92. The summed E-state index contributed by atoms with van der Waals surface area (Å²) in [5, 5.41) is 14.1. The summed E-state index contributed by atoms with van der Waals surface area (Å²) in [6.07, 6.45) is 3.84. The van der Waals surface area contributed by atoms with Crippen molar-refractivity contribution in [2.24, 2.45) is 11.5 Å². The van der Waals surface area contributed by atoms with E-state index < -0.39 is 12.3 Å². The van der Waals surface area contributed by atoms with Crippen LogP contribution in [0.4, 0.5) is 0 Å². The molecule has 0 saturated heterocycles. The summed E-state index contributed by atoms with van der Waals surface area (Å²) in [5.74, 6) is -0.0656. The zero-order valence-corrected chi connectivity index (χ0v) is 19.9. The topological polar surface area (TPSA) is 118 Å². The Morgan fingerprint density at radius 3 is 2.38 bits per heavy atom. The van der Waals surface area contributed by atoms with E-state index in [0.29, 0.717) is 12.1 Å². The van der Waals surface area contributed by atoms with Crippen LogP contribution in [0, 0.1) is 0 Å². The van der Waals surface area contributed by atoms with Gasteiger partial charge in [-0.25, -0.2) is 0 Å². The van der Waals surface area contributed by atoms with Gasteiger partial charge in [0.25, 0.3) is 5.91 Å². The van der Waals surface area contributed by atoms with Gasteiger partial charge in [0.05, 0.1) is 12.3 Å². The first kappa shape index (κ1) is 25.5. The van der Waals surface area contributed by atoms with Gasteiger partial charge in [0.15, 0.2) is 0 Å². The molecule has 1 heterocycles. The molecule has 0 spiro atoms. The van der Waals surface area contributed by atoms with E-state index >= 15 is 0 Å². The van der Waals surface area contributed by atoms with Crippen molar-refractivity contribution in [3.05, 3.63) is 101 Å². The van der Waals surface area contributed by atoms with Crippen LogP contribution in [0.1, 0.15) is 58.2 Å². The lowest BCUT2D eigenvalue weighted by Gasteiger charge is -2.23. The predicted molar refractivity (Wildman–Crippen MR) is 135 cm³/mol. The lowest BCUT2D eigenvalue weighted by Crippen LogP contribution is -2.35. The van der Waals surface area contributed by atoms with E-state index in [9.17, 15) is 9.90 Å². The minimum Gasteiger partial charge on any atom is -0.387 e. The molecule has 1 aromatic heterocycles. The van der Waals surface area contributed by atoms with Gasteiger partial charge in [0, 0.05) is 43.2 Å². The van der Waals surface area contributed by atoms with Gasteiger partial charge in [-0.3, -0.25) is 9.78 Å². The fraction of sp³-hybridized carbons (Fsp3) is 0.333. The number of nitrogens with zero attached hydrogens (tertiary/aromatic N) is 2. The summed E-state index contributed by atoms with van der Waals surface area (Å²) in [5.41, 5.74) is 15.7. The SMILES string of the molecule is CC[C@@H](NCCc1ccc(C(=O)N(C)Cc2cncc(C(N)N)c2)cc1)[C@H](O)c1ccccc1. The highest BCUT2D eigenvalue weighted by Crippen LogP contribution is 2.18. The number of aliphatic hydroxyl groups is 1. The first-order chi connectivity index (χ1) is 16.4.